The fourth-order valence-electron chi connectivity index (χ4n) is 2.65. The third-order valence-electron chi connectivity index (χ3n) is 3.84. The monoisotopic (exact) mass is 396 g/mol. The van der Waals surface area contributed by atoms with Gasteiger partial charge in [0.05, 0.1) is 19.8 Å². The standard InChI is InChI=1S/C10H12O3S.C8H8O3S/c1-2-12-10(11)9-6-7-8(14-9)4-3-5-13-7;9-8(10)7-4-5-6(12-7)2-1-3-11-5/h6H,2-5H2,1H3;4H,1-3H2,(H,9,10). The lowest BCUT2D eigenvalue weighted by Gasteiger charge is -2.11. The van der Waals surface area contributed by atoms with Crippen LogP contribution in [0.3, 0.4) is 0 Å². The molecule has 0 saturated carbocycles. The van der Waals surface area contributed by atoms with Gasteiger partial charge in [0.1, 0.15) is 21.3 Å². The molecule has 0 radical (unpaired) electrons. The first kappa shape index (κ1) is 18.7. The molecule has 140 valence electrons. The predicted molar refractivity (Wildman–Crippen MR) is 99.2 cm³/mol. The maximum atomic E-state index is 11.4. The van der Waals surface area contributed by atoms with E-state index < -0.39 is 5.97 Å². The molecule has 6 nitrogen and oxygen atoms in total. The number of carbonyl (C=O) groups excluding carboxylic acids is 1. The van der Waals surface area contributed by atoms with Gasteiger partial charge in [0.15, 0.2) is 0 Å². The summed E-state index contributed by atoms with van der Waals surface area (Å²) in [6.07, 6.45) is 4.00. The molecule has 0 aromatic carbocycles. The zero-order valence-corrected chi connectivity index (χ0v) is 16.0. The Labute approximate surface area is 159 Å². The highest BCUT2D eigenvalue weighted by molar-refractivity contribution is 7.14. The Morgan fingerprint density at radius 2 is 1.58 bits per heavy atom. The number of hydrogen-bond donors (Lipinski definition) is 1. The number of esters is 1. The summed E-state index contributed by atoms with van der Waals surface area (Å²) in [6.45, 7) is 3.69. The Bertz CT molecular complexity index is 745. The molecular formula is C18H20O6S2. The van der Waals surface area contributed by atoms with Crippen LogP contribution in [0.15, 0.2) is 12.1 Å². The van der Waals surface area contributed by atoms with Crippen molar-refractivity contribution < 1.29 is 28.9 Å². The summed E-state index contributed by atoms with van der Waals surface area (Å²) in [5.41, 5.74) is 0. The zero-order chi connectivity index (χ0) is 18.5. The molecule has 1 N–H and O–H groups in total. The first-order valence-corrected chi connectivity index (χ1v) is 10.1. The van der Waals surface area contributed by atoms with Crippen LogP contribution in [0.5, 0.6) is 11.5 Å². The van der Waals surface area contributed by atoms with Crippen LogP contribution >= 0.6 is 22.7 Å². The average Bonchev–Trinajstić information content (AvgIpc) is 3.26. The molecule has 0 bridgehead atoms. The maximum Gasteiger partial charge on any atom is 0.348 e. The van der Waals surface area contributed by atoms with E-state index in [0.29, 0.717) is 23.0 Å². The maximum absolute atomic E-state index is 11.4. The van der Waals surface area contributed by atoms with Crippen molar-refractivity contribution >= 4 is 34.6 Å². The number of carbonyl (C=O) groups is 2. The van der Waals surface area contributed by atoms with Crippen LogP contribution in [0.25, 0.3) is 0 Å². The molecule has 2 aromatic rings. The number of ether oxygens (including phenoxy) is 3. The van der Waals surface area contributed by atoms with Crippen molar-refractivity contribution in [2.75, 3.05) is 19.8 Å². The number of rotatable bonds is 3. The summed E-state index contributed by atoms with van der Waals surface area (Å²) >= 11 is 2.80. The summed E-state index contributed by atoms with van der Waals surface area (Å²) < 4.78 is 15.7. The van der Waals surface area contributed by atoms with Gasteiger partial charge in [-0.25, -0.2) is 9.59 Å². The Morgan fingerprint density at radius 1 is 1.04 bits per heavy atom. The van der Waals surface area contributed by atoms with E-state index in [-0.39, 0.29) is 5.97 Å². The van der Waals surface area contributed by atoms with Crippen LogP contribution in [0.1, 0.15) is 48.9 Å². The van der Waals surface area contributed by atoms with Crippen LogP contribution in [-0.2, 0) is 17.6 Å². The van der Waals surface area contributed by atoms with Crippen molar-refractivity contribution in [2.24, 2.45) is 0 Å². The van der Waals surface area contributed by atoms with Crippen LogP contribution in [-0.4, -0.2) is 36.9 Å². The van der Waals surface area contributed by atoms with Gasteiger partial charge >= 0.3 is 11.9 Å². The number of carboxylic acid groups (broad SMARTS) is 1. The van der Waals surface area contributed by atoms with Gasteiger partial charge in [0.2, 0.25) is 0 Å². The Balaban J connectivity index is 0.000000152. The van der Waals surface area contributed by atoms with E-state index in [1.54, 1.807) is 12.1 Å². The summed E-state index contributed by atoms with van der Waals surface area (Å²) in [5.74, 6) is 0.529. The highest BCUT2D eigenvalue weighted by Gasteiger charge is 2.19. The minimum Gasteiger partial charge on any atom is -0.492 e. The molecule has 0 fully saturated rings. The van der Waals surface area contributed by atoms with E-state index in [1.807, 2.05) is 6.92 Å². The van der Waals surface area contributed by atoms with E-state index in [1.165, 1.54) is 27.6 Å². The lowest BCUT2D eigenvalue weighted by Crippen LogP contribution is -2.05. The largest absolute Gasteiger partial charge is 0.492 e. The normalized spacial score (nSPS) is 14.7. The second-order valence-corrected chi connectivity index (χ2v) is 8.00. The van der Waals surface area contributed by atoms with Gasteiger partial charge in [-0.05, 0) is 32.6 Å². The molecule has 4 heterocycles. The zero-order valence-electron chi connectivity index (χ0n) is 14.4. The average molecular weight is 396 g/mol. The van der Waals surface area contributed by atoms with Gasteiger partial charge in [-0.3, -0.25) is 0 Å². The predicted octanol–water partition coefficient (Wildman–Crippen LogP) is 4.02. The van der Waals surface area contributed by atoms with E-state index in [2.05, 4.69) is 0 Å². The third kappa shape index (κ3) is 4.37. The number of fused-ring (bicyclic) bond motifs is 2. The van der Waals surface area contributed by atoms with E-state index in [4.69, 9.17) is 19.3 Å². The van der Waals surface area contributed by atoms with Crippen molar-refractivity contribution in [1.29, 1.82) is 0 Å². The Morgan fingerprint density at radius 3 is 2.08 bits per heavy atom. The number of aryl methyl sites for hydroxylation is 2. The molecule has 2 aromatic heterocycles. The molecule has 26 heavy (non-hydrogen) atoms. The smallest absolute Gasteiger partial charge is 0.348 e. The molecule has 8 heteroatoms. The van der Waals surface area contributed by atoms with E-state index >= 15 is 0 Å². The summed E-state index contributed by atoms with van der Waals surface area (Å²) in [5, 5.41) is 8.69. The minimum atomic E-state index is -0.863. The Hall–Kier alpha value is -2.06. The highest BCUT2D eigenvalue weighted by Crippen LogP contribution is 2.34. The second kappa shape index (κ2) is 8.55. The fraction of sp³-hybridized carbons (Fsp3) is 0.444. The van der Waals surface area contributed by atoms with Gasteiger partial charge in [-0.15, -0.1) is 22.7 Å². The topological polar surface area (TPSA) is 82.1 Å². The van der Waals surface area contributed by atoms with Crippen molar-refractivity contribution in [3.05, 3.63) is 31.6 Å². The summed E-state index contributed by atoms with van der Waals surface area (Å²) in [7, 11) is 0. The van der Waals surface area contributed by atoms with Crippen molar-refractivity contribution in [3.63, 3.8) is 0 Å². The quantitative estimate of drug-likeness (QED) is 0.789. The van der Waals surface area contributed by atoms with E-state index in [0.717, 1.165) is 48.7 Å². The van der Waals surface area contributed by atoms with Crippen molar-refractivity contribution in [2.45, 2.75) is 32.6 Å². The van der Waals surface area contributed by atoms with Gasteiger partial charge in [-0.1, -0.05) is 0 Å². The molecule has 0 aliphatic carbocycles. The molecule has 2 aliphatic heterocycles. The van der Waals surface area contributed by atoms with Gasteiger partial charge < -0.3 is 19.3 Å². The third-order valence-corrected chi connectivity index (χ3v) is 6.16. The van der Waals surface area contributed by atoms with Gasteiger partial charge in [0.25, 0.3) is 0 Å². The molecule has 0 saturated heterocycles. The fourth-order valence-corrected chi connectivity index (χ4v) is 4.68. The first-order chi connectivity index (χ1) is 12.6. The molecule has 0 spiro atoms. The first-order valence-electron chi connectivity index (χ1n) is 8.50. The van der Waals surface area contributed by atoms with Crippen LogP contribution in [0, 0.1) is 0 Å². The lowest BCUT2D eigenvalue weighted by atomic mass is 10.2. The van der Waals surface area contributed by atoms with Gasteiger partial charge in [0, 0.05) is 21.9 Å². The number of aromatic carboxylic acids is 1. The number of thiophene rings is 2. The van der Waals surface area contributed by atoms with Crippen LogP contribution in [0.2, 0.25) is 0 Å². The molecule has 2 aliphatic rings. The summed E-state index contributed by atoms with van der Waals surface area (Å²) in [4.78, 5) is 25.2. The molecule has 0 unspecified atom stereocenters. The molecule has 0 atom stereocenters. The van der Waals surface area contributed by atoms with Gasteiger partial charge in [-0.2, -0.15) is 0 Å². The Kier molecular flexibility index (Phi) is 6.16. The highest BCUT2D eigenvalue weighted by atomic mass is 32.1. The van der Waals surface area contributed by atoms with Crippen molar-refractivity contribution in [3.8, 4) is 11.5 Å². The minimum absolute atomic E-state index is 0.240. The summed E-state index contributed by atoms with van der Waals surface area (Å²) in [6, 6.07) is 3.40. The lowest BCUT2D eigenvalue weighted by molar-refractivity contribution is 0.0531. The molecule has 4 rings (SSSR count). The number of carboxylic acids is 1. The molecular weight excluding hydrogens is 376 g/mol. The molecule has 0 amide bonds. The number of hydrogen-bond acceptors (Lipinski definition) is 7. The van der Waals surface area contributed by atoms with E-state index in [9.17, 15) is 9.59 Å². The van der Waals surface area contributed by atoms with Crippen LogP contribution in [0.4, 0.5) is 0 Å². The van der Waals surface area contributed by atoms with Crippen molar-refractivity contribution in [1.82, 2.24) is 0 Å². The van der Waals surface area contributed by atoms with Crippen LogP contribution < -0.4 is 9.47 Å². The second-order valence-electron chi connectivity index (χ2n) is 5.73. The SMILES string of the molecule is CCOC(=O)c1cc2c(s1)CCCO2.O=C(O)c1cc2c(s1)CCCO2.